The van der Waals surface area contributed by atoms with Crippen molar-refractivity contribution in [1.82, 2.24) is 4.98 Å². The first kappa shape index (κ1) is 26.5. The van der Waals surface area contributed by atoms with Crippen LogP contribution in [0.5, 0.6) is 28.7 Å². The highest BCUT2D eigenvalue weighted by atomic mass is 32.1. The van der Waals surface area contributed by atoms with Gasteiger partial charge in [-0.2, -0.15) is 0 Å². The molecule has 1 fully saturated rings. The molecule has 0 aliphatic carbocycles. The first-order valence-corrected chi connectivity index (χ1v) is 13.5. The van der Waals surface area contributed by atoms with Gasteiger partial charge in [0.2, 0.25) is 5.75 Å². The van der Waals surface area contributed by atoms with Gasteiger partial charge in [0.05, 0.1) is 43.2 Å². The number of hydrogen-bond acceptors (Lipinski definition) is 10. The summed E-state index contributed by atoms with van der Waals surface area (Å²) in [5, 5.41) is 11.9. The molecule has 0 bridgehead atoms. The predicted octanol–water partition coefficient (Wildman–Crippen LogP) is 5.03. The van der Waals surface area contributed by atoms with E-state index in [1.165, 1.54) is 37.6 Å². The van der Waals surface area contributed by atoms with Gasteiger partial charge in [-0.1, -0.05) is 17.4 Å². The molecule has 4 aromatic rings. The van der Waals surface area contributed by atoms with Crippen LogP contribution in [0.4, 0.5) is 5.13 Å². The highest BCUT2D eigenvalue weighted by Crippen LogP contribution is 2.48. The van der Waals surface area contributed by atoms with Crippen molar-refractivity contribution in [1.29, 1.82) is 0 Å². The summed E-state index contributed by atoms with van der Waals surface area (Å²) in [7, 11) is 4.43. The lowest BCUT2D eigenvalue weighted by Crippen LogP contribution is -2.29. The molecule has 41 heavy (non-hydrogen) atoms. The highest BCUT2D eigenvalue weighted by molar-refractivity contribution is 7.22. The maximum atomic E-state index is 13.7. The molecule has 10 nitrogen and oxygen atoms in total. The Labute approximate surface area is 239 Å². The van der Waals surface area contributed by atoms with Crippen molar-refractivity contribution < 1.29 is 38.4 Å². The van der Waals surface area contributed by atoms with E-state index in [4.69, 9.17) is 23.7 Å². The van der Waals surface area contributed by atoms with Crippen LogP contribution in [0, 0.1) is 6.92 Å². The fraction of sp³-hybridized carbons (Fsp3) is 0.233. The van der Waals surface area contributed by atoms with Gasteiger partial charge in [0.25, 0.3) is 5.78 Å². The summed E-state index contributed by atoms with van der Waals surface area (Å²) >= 11 is 1.28. The van der Waals surface area contributed by atoms with Gasteiger partial charge in [-0.15, -0.1) is 0 Å². The summed E-state index contributed by atoms with van der Waals surface area (Å²) in [5.41, 5.74) is 2.36. The number of thiazole rings is 1. The Morgan fingerprint density at radius 3 is 2.34 bits per heavy atom. The van der Waals surface area contributed by atoms with Crippen LogP contribution in [0.15, 0.2) is 54.1 Å². The maximum Gasteiger partial charge on any atom is 0.301 e. The zero-order valence-corrected chi connectivity index (χ0v) is 23.5. The molecule has 2 aliphatic rings. The number of nitrogens with zero attached hydrogens (tertiary/aromatic N) is 2. The predicted molar refractivity (Wildman–Crippen MR) is 153 cm³/mol. The lowest BCUT2D eigenvalue weighted by Gasteiger charge is -2.25. The second-order valence-corrected chi connectivity index (χ2v) is 10.5. The molecule has 2 aliphatic heterocycles. The molecule has 11 heteroatoms. The third-order valence-corrected chi connectivity index (χ3v) is 8.02. The van der Waals surface area contributed by atoms with E-state index < -0.39 is 17.7 Å². The van der Waals surface area contributed by atoms with E-state index in [2.05, 4.69) is 4.98 Å². The molecule has 0 saturated carbocycles. The van der Waals surface area contributed by atoms with Crippen molar-refractivity contribution in [3.05, 3.63) is 70.8 Å². The Hall–Kier alpha value is -4.77. The smallest absolute Gasteiger partial charge is 0.301 e. The number of methoxy groups -OCH3 is 3. The number of Topliss-reactive ketones (excluding diaryl/α,β-unsaturated/α-hetero) is 1. The van der Waals surface area contributed by atoms with Crippen LogP contribution in [0.3, 0.4) is 0 Å². The highest BCUT2D eigenvalue weighted by Gasteiger charge is 2.48. The maximum absolute atomic E-state index is 13.7. The number of hydrogen-bond donors (Lipinski definition) is 1. The number of carbonyl (C=O) groups excluding carboxylic acids is 2. The number of ketones is 1. The zero-order valence-electron chi connectivity index (χ0n) is 22.7. The first-order chi connectivity index (χ1) is 19.8. The first-order valence-electron chi connectivity index (χ1n) is 12.7. The van der Waals surface area contributed by atoms with E-state index in [-0.39, 0.29) is 11.3 Å². The zero-order chi connectivity index (χ0) is 28.8. The standard InChI is InChI=1S/C30H26N2O8S/c1-15-5-7-18-23(11-15)41-30(31-18)32-25(17-13-21(36-2)28(38-4)22(14-17)37-3)24(27(34)29(32)35)26(33)16-6-8-19-20(12-16)40-10-9-39-19/h5-8,11-14,25,33H,9-10H2,1-4H3/t25-/m1/s1. The normalized spacial score (nSPS) is 17.7. The third-order valence-electron chi connectivity index (χ3n) is 7.00. The van der Waals surface area contributed by atoms with E-state index in [0.717, 1.165) is 10.3 Å². The Morgan fingerprint density at radius 2 is 1.66 bits per heavy atom. The summed E-state index contributed by atoms with van der Waals surface area (Å²) in [6.07, 6.45) is 0. The van der Waals surface area contributed by atoms with Crippen LogP contribution in [-0.4, -0.2) is 56.3 Å². The molecule has 1 N–H and O–H groups in total. The lowest BCUT2D eigenvalue weighted by atomic mass is 9.94. The van der Waals surface area contributed by atoms with Crippen molar-refractivity contribution in [3.8, 4) is 28.7 Å². The van der Waals surface area contributed by atoms with Crippen LogP contribution in [0.25, 0.3) is 16.0 Å². The number of carbonyl (C=O) groups is 2. The fourth-order valence-corrected chi connectivity index (χ4v) is 6.16. The molecule has 3 aromatic carbocycles. The molecule has 1 amide bonds. The second-order valence-electron chi connectivity index (χ2n) is 9.45. The van der Waals surface area contributed by atoms with E-state index in [1.54, 1.807) is 30.3 Å². The topological polar surface area (TPSA) is 117 Å². The Balaban J connectivity index is 1.59. The van der Waals surface area contributed by atoms with Gasteiger partial charge in [0.1, 0.15) is 19.0 Å². The summed E-state index contributed by atoms with van der Waals surface area (Å²) in [4.78, 5) is 33.4. The van der Waals surface area contributed by atoms with E-state index >= 15 is 0 Å². The Bertz CT molecular complexity index is 1720. The van der Waals surface area contributed by atoms with E-state index in [9.17, 15) is 14.7 Å². The average molecular weight is 575 g/mol. The van der Waals surface area contributed by atoms with Gasteiger partial charge >= 0.3 is 5.91 Å². The number of aliphatic hydroxyl groups excluding tert-OH is 1. The minimum Gasteiger partial charge on any atom is -0.507 e. The number of fused-ring (bicyclic) bond motifs is 2. The van der Waals surface area contributed by atoms with Gasteiger partial charge in [0.15, 0.2) is 28.1 Å². The molecule has 1 saturated heterocycles. The van der Waals surface area contributed by atoms with Crippen molar-refractivity contribution in [2.75, 3.05) is 39.4 Å². The van der Waals surface area contributed by atoms with Gasteiger partial charge < -0.3 is 28.8 Å². The minimum absolute atomic E-state index is 0.114. The average Bonchev–Trinajstić information content (AvgIpc) is 3.52. The molecule has 6 rings (SSSR count). The van der Waals surface area contributed by atoms with Crippen LogP contribution in [0.1, 0.15) is 22.7 Å². The number of amides is 1. The molecule has 1 atom stereocenters. The van der Waals surface area contributed by atoms with Crippen LogP contribution in [0.2, 0.25) is 0 Å². The van der Waals surface area contributed by atoms with E-state index in [0.29, 0.717) is 63.7 Å². The number of ether oxygens (including phenoxy) is 5. The van der Waals surface area contributed by atoms with Gasteiger partial charge in [0, 0.05) is 5.56 Å². The molecule has 0 radical (unpaired) electrons. The quantitative estimate of drug-likeness (QED) is 0.192. The minimum atomic E-state index is -1.06. The van der Waals surface area contributed by atoms with Crippen LogP contribution < -0.4 is 28.6 Å². The molecular weight excluding hydrogens is 548 g/mol. The monoisotopic (exact) mass is 574 g/mol. The van der Waals surface area contributed by atoms with Crippen LogP contribution in [-0.2, 0) is 9.59 Å². The SMILES string of the molecule is COc1cc([C@@H]2C(=C(O)c3ccc4c(c3)OCCO4)C(=O)C(=O)N2c2nc3ccc(C)cc3s2)cc(OC)c1OC. The molecule has 0 spiro atoms. The number of aliphatic hydroxyl groups is 1. The van der Waals surface area contributed by atoms with Gasteiger partial charge in [-0.05, 0) is 60.5 Å². The van der Waals surface area contributed by atoms with Gasteiger partial charge in [-0.3, -0.25) is 14.5 Å². The van der Waals surface area contributed by atoms with Crippen molar-refractivity contribution in [2.24, 2.45) is 0 Å². The summed E-state index contributed by atoms with van der Waals surface area (Å²) < 4.78 is 28.7. The largest absolute Gasteiger partial charge is 0.507 e. The summed E-state index contributed by atoms with van der Waals surface area (Å²) in [5.74, 6) is -0.0836. The molecule has 0 unspecified atom stereocenters. The third kappa shape index (κ3) is 4.38. The van der Waals surface area contributed by atoms with Crippen LogP contribution >= 0.6 is 11.3 Å². The molecule has 1 aromatic heterocycles. The molecular formula is C30H26N2O8S. The summed E-state index contributed by atoms with van der Waals surface area (Å²) in [6.45, 7) is 2.73. The Kier molecular flexibility index (Phi) is 6.66. The number of aryl methyl sites for hydroxylation is 1. The van der Waals surface area contributed by atoms with Crippen molar-refractivity contribution >= 4 is 44.1 Å². The number of benzene rings is 3. The summed E-state index contributed by atoms with van der Waals surface area (Å²) in [6, 6.07) is 12.9. The molecule has 3 heterocycles. The number of aromatic nitrogens is 1. The lowest BCUT2D eigenvalue weighted by molar-refractivity contribution is -0.132. The van der Waals surface area contributed by atoms with E-state index in [1.807, 2.05) is 25.1 Å². The Morgan fingerprint density at radius 1 is 0.951 bits per heavy atom. The number of rotatable bonds is 6. The van der Waals surface area contributed by atoms with Crippen molar-refractivity contribution in [2.45, 2.75) is 13.0 Å². The second kappa shape index (κ2) is 10.3. The fourth-order valence-electron chi connectivity index (χ4n) is 5.07. The van der Waals surface area contributed by atoms with Gasteiger partial charge in [-0.25, -0.2) is 4.98 Å². The molecule has 210 valence electrons. The number of anilines is 1. The van der Waals surface area contributed by atoms with Crippen molar-refractivity contribution in [3.63, 3.8) is 0 Å².